The number of carbonyl (C=O) groups is 1. The summed E-state index contributed by atoms with van der Waals surface area (Å²) >= 11 is 0. The van der Waals surface area contributed by atoms with E-state index in [1.165, 1.54) is 0 Å². The maximum Gasteiger partial charge on any atom is 0.277 e. The van der Waals surface area contributed by atoms with Crippen LogP contribution < -0.4 is 10.2 Å². The van der Waals surface area contributed by atoms with Crippen molar-refractivity contribution >= 4 is 12.1 Å². The number of amides is 1. The maximum atomic E-state index is 11.7. The molecule has 1 N–H and O–H groups in total. The molecule has 0 fully saturated rings. The van der Waals surface area contributed by atoms with Crippen LogP contribution in [-0.2, 0) is 4.79 Å². The lowest BCUT2D eigenvalue weighted by Crippen LogP contribution is -2.24. The van der Waals surface area contributed by atoms with E-state index in [1.807, 2.05) is 62.4 Å². The molecule has 0 aliphatic carbocycles. The smallest absolute Gasteiger partial charge is 0.277 e. The average molecular weight is 282 g/mol. The molecule has 0 atom stereocenters. The second-order valence-corrected chi connectivity index (χ2v) is 4.76. The summed E-state index contributed by atoms with van der Waals surface area (Å²) in [6.45, 7) is 3.87. The maximum absolute atomic E-state index is 11.7. The molecule has 108 valence electrons. The Balaban J connectivity index is 1.82. The van der Waals surface area contributed by atoms with Gasteiger partial charge in [-0.25, -0.2) is 5.43 Å². The van der Waals surface area contributed by atoms with Crippen LogP contribution in [0.15, 0.2) is 53.6 Å². The Morgan fingerprint density at radius 3 is 2.71 bits per heavy atom. The molecular weight excluding hydrogens is 264 g/mol. The van der Waals surface area contributed by atoms with Crippen molar-refractivity contribution in [1.29, 1.82) is 0 Å². The van der Waals surface area contributed by atoms with Crippen LogP contribution in [0.25, 0.3) is 0 Å². The molecule has 0 radical (unpaired) electrons. The molecule has 4 heteroatoms. The minimum absolute atomic E-state index is 0.0591. The van der Waals surface area contributed by atoms with Crippen LogP contribution in [0, 0.1) is 13.8 Å². The van der Waals surface area contributed by atoms with Gasteiger partial charge in [0, 0.05) is 0 Å². The summed E-state index contributed by atoms with van der Waals surface area (Å²) in [6, 6.07) is 15.4. The summed E-state index contributed by atoms with van der Waals surface area (Å²) < 4.78 is 5.50. The molecule has 2 aromatic rings. The molecule has 0 bridgehead atoms. The van der Waals surface area contributed by atoms with E-state index in [9.17, 15) is 4.79 Å². The fraction of sp³-hybridized carbons (Fsp3) is 0.176. The molecule has 0 heterocycles. The number of hydrogen-bond donors (Lipinski definition) is 1. The lowest BCUT2D eigenvalue weighted by Gasteiger charge is -2.08. The van der Waals surface area contributed by atoms with E-state index >= 15 is 0 Å². The zero-order valence-electron chi connectivity index (χ0n) is 12.2. The molecule has 0 saturated heterocycles. The highest BCUT2D eigenvalue weighted by Crippen LogP contribution is 2.18. The first-order valence-corrected chi connectivity index (χ1v) is 6.72. The van der Waals surface area contributed by atoms with Crippen molar-refractivity contribution in [3.05, 3.63) is 65.2 Å². The number of aryl methyl sites for hydroxylation is 2. The van der Waals surface area contributed by atoms with Crippen molar-refractivity contribution < 1.29 is 9.53 Å². The fourth-order valence-electron chi connectivity index (χ4n) is 1.76. The van der Waals surface area contributed by atoms with Gasteiger partial charge in [-0.15, -0.1) is 0 Å². The number of nitrogens with zero attached hydrogens (tertiary/aromatic N) is 1. The number of nitrogens with one attached hydrogen (secondary N) is 1. The van der Waals surface area contributed by atoms with Crippen molar-refractivity contribution in [3.63, 3.8) is 0 Å². The SMILES string of the molecule is Cc1ccc(C)c(OCC(=O)N/N=C\c2ccccc2)c1. The zero-order chi connectivity index (χ0) is 15.1. The molecule has 0 aromatic heterocycles. The van der Waals surface area contributed by atoms with Crippen LogP contribution in [0.3, 0.4) is 0 Å². The van der Waals surface area contributed by atoms with E-state index in [0.29, 0.717) is 0 Å². The highest BCUT2D eigenvalue weighted by molar-refractivity contribution is 5.82. The van der Waals surface area contributed by atoms with Gasteiger partial charge in [-0.3, -0.25) is 4.79 Å². The van der Waals surface area contributed by atoms with E-state index in [-0.39, 0.29) is 12.5 Å². The molecule has 0 saturated carbocycles. The third-order valence-corrected chi connectivity index (χ3v) is 2.90. The molecule has 0 spiro atoms. The van der Waals surface area contributed by atoms with Gasteiger partial charge in [-0.05, 0) is 36.6 Å². The first-order chi connectivity index (χ1) is 10.1. The Kier molecular flexibility index (Phi) is 5.10. The zero-order valence-corrected chi connectivity index (χ0v) is 12.2. The van der Waals surface area contributed by atoms with E-state index < -0.39 is 0 Å². The fourth-order valence-corrected chi connectivity index (χ4v) is 1.76. The summed E-state index contributed by atoms with van der Waals surface area (Å²) in [5, 5.41) is 3.89. The minimum Gasteiger partial charge on any atom is -0.483 e. The predicted molar refractivity (Wildman–Crippen MR) is 83.6 cm³/mol. The lowest BCUT2D eigenvalue weighted by atomic mass is 10.1. The van der Waals surface area contributed by atoms with Crippen molar-refractivity contribution in [3.8, 4) is 5.75 Å². The Labute approximate surface area is 124 Å². The van der Waals surface area contributed by atoms with Crippen LogP contribution in [0.1, 0.15) is 16.7 Å². The molecular formula is C17H18N2O2. The highest BCUT2D eigenvalue weighted by Gasteiger charge is 2.04. The molecule has 0 unspecified atom stereocenters. The van der Waals surface area contributed by atoms with Crippen LogP contribution in [0.2, 0.25) is 0 Å². The molecule has 21 heavy (non-hydrogen) atoms. The average Bonchev–Trinajstić information content (AvgIpc) is 2.49. The summed E-state index contributed by atoms with van der Waals surface area (Å²) in [4.78, 5) is 11.7. The first kappa shape index (κ1) is 14.8. The minimum atomic E-state index is -0.289. The molecule has 0 aliphatic heterocycles. The molecule has 0 aliphatic rings. The van der Waals surface area contributed by atoms with Crippen LogP contribution in [0.4, 0.5) is 0 Å². The van der Waals surface area contributed by atoms with Crippen molar-refractivity contribution in [2.75, 3.05) is 6.61 Å². The Hall–Kier alpha value is -2.62. The largest absolute Gasteiger partial charge is 0.483 e. The Bertz CT molecular complexity index is 636. The van der Waals surface area contributed by atoms with E-state index in [0.717, 1.165) is 22.4 Å². The molecule has 2 aromatic carbocycles. The third-order valence-electron chi connectivity index (χ3n) is 2.90. The highest BCUT2D eigenvalue weighted by atomic mass is 16.5. The Morgan fingerprint density at radius 2 is 1.95 bits per heavy atom. The molecule has 1 amide bonds. The summed E-state index contributed by atoms with van der Waals surface area (Å²) in [5.41, 5.74) is 5.46. The topological polar surface area (TPSA) is 50.7 Å². The van der Waals surface area contributed by atoms with Crippen LogP contribution >= 0.6 is 0 Å². The van der Waals surface area contributed by atoms with Gasteiger partial charge in [0.1, 0.15) is 5.75 Å². The number of benzene rings is 2. The van der Waals surface area contributed by atoms with E-state index in [4.69, 9.17) is 4.74 Å². The predicted octanol–water partition coefficient (Wildman–Crippen LogP) is 2.83. The van der Waals surface area contributed by atoms with Gasteiger partial charge in [0.25, 0.3) is 5.91 Å². The first-order valence-electron chi connectivity index (χ1n) is 6.72. The number of ether oxygens (including phenoxy) is 1. The van der Waals surface area contributed by atoms with E-state index in [2.05, 4.69) is 10.5 Å². The monoisotopic (exact) mass is 282 g/mol. The number of carbonyl (C=O) groups excluding carboxylic acids is 1. The van der Waals surface area contributed by atoms with Gasteiger partial charge < -0.3 is 4.74 Å². The van der Waals surface area contributed by atoms with E-state index in [1.54, 1.807) is 6.21 Å². The number of hydrazone groups is 1. The van der Waals surface area contributed by atoms with Crippen LogP contribution in [0.5, 0.6) is 5.75 Å². The van der Waals surface area contributed by atoms with Crippen molar-refractivity contribution in [2.24, 2.45) is 5.10 Å². The summed E-state index contributed by atoms with van der Waals surface area (Å²) in [7, 11) is 0. The Morgan fingerprint density at radius 1 is 1.19 bits per heavy atom. The van der Waals surface area contributed by atoms with Crippen LogP contribution in [-0.4, -0.2) is 18.7 Å². The lowest BCUT2D eigenvalue weighted by molar-refractivity contribution is -0.123. The number of rotatable bonds is 5. The number of hydrogen-bond acceptors (Lipinski definition) is 3. The van der Waals surface area contributed by atoms with Gasteiger partial charge in [-0.2, -0.15) is 5.10 Å². The third kappa shape index (κ3) is 4.76. The van der Waals surface area contributed by atoms with Crippen molar-refractivity contribution in [2.45, 2.75) is 13.8 Å². The van der Waals surface area contributed by atoms with Crippen molar-refractivity contribution in [1.82, 2.24) is 5.43 Å². The van der Waals surface area contributed by atoms with Gasteiger partial charge in [0.15, 0.2) is 6.61 Å². The van der Waals surface area contributed by atoms with Gasteiger partial charge >= 0.3 is 0 Å². The summed E-state index contributed by atoms with van der Waals surface area (Å²) in [6.07, 6.45) is 1.59. The molecule has 2 rings (SSSR count). The standard InChI is InChI=1S/C17H18N2O2/c1-13-8-9-14(2)16(10-13)21-12-17(20)19-18-11-15-6-4-3-5-7-15/h3-11H,12H2,1-2H3,(H,19,20)/b18-11-. The second kappa shape index (κ2) is 7.24. The molecule has 4 nitrogen and oxygen atoms in total. The van der Waals surface area contributed by atoms with Gasteiger partial charge in [0.05, 0.1) is 6.21 Å². The second-order valence-electron chi connectivity index (χ2n) is 4.76. The van der Waals surface area contributed by atoms with Gasteiger partial charge in [0.2, 0.25) is 0 Å². The van der Waals surface area contributed by atoms with Gasteiger partial charge in [-0.1, -0.05) is 42.5 Å². The summed E-state index contributed by atoms with van der Waals surface area (Å²) in [5.74, 6) is 0.431. The normalized spacial score (nSPS) is 10.6. The quantitative estimate of drug-likeness (QED) is 0.677.